The highest BCUT2D eigenvalue weighted by Crippen LogP contribution is 2.58. The Morgan fingerprint density at radius 3 is 0.850 bits per heavy atom. The van der Waals surface area contributed by atoms with Gasteiger partial charge >= 0.3 is 0 Å². The van der Waals surface area contributed by atoms with Crippen molar-refractivity contribution in [2.45, 2.75) is 11.8 Å². The van der Waals surface area contributed by atoms with Crippen LogP contribution in [0.1, 0.15) is 23.1 Å². The average Bonchev–Trinajstić information content (AvgIpc) is 3.06. The molecule has 0 spiro atoms. The fourth-order valence-corrected chi connectivity index (χ4v) is 10.7. The molecule has 0 saturated carbocycles. The third-order valence-electron chi connectivity index (χ3n) is 8.21. The summed E-state index contributed by atoms with van der Waals surface area (Å²) >= 11 is 0. The second-order valence-corrected chi connectivity index (χ2v) is 13.9. The van der Waals surface area contributed by atoms with Crippen LogP contribution in [0.5, 0.6) is 0 Å². The molecule has 6 aromatic carbocycles. The van der Waals surface area contributed by atoms with Gasteiger partial charge in [0.25, 0.3) is 0 Å². The molecular formula is C39H34P+. The standard InChI is InChI=1S/C39H34P/c1-7-19-33(20-8-1)39(34-21-9-2-10-22-34,35-23-11-3-12-24-35)31-32-40(36-25-13-4-14-26-36,37-27-15-5-16-28-37)38-29-17-6-18-30-38/h1-30H,31-32H2/q+1. The van der Waals surface area contributed by atoms with Crippen molar-refractivity contribution in [3.63, 3.8) is 0 Å². The molecule has 6 aromatic rings. The van der Waals surface area contributed by atoms with E-state index >= 15 is 0 Å². The summed E-state index contributed by atoms with van der Waals surface area (Å²) in [5.41, 5.74) is 3.70. The molecule has 0 bridgehead atoms. The average molecular weight is 534 g/mol. The lowest BCUT2D eigenvalue weighted by Crippen LogP contribution is -2.37. The molecule has 40 heavy (non-hydrogen) atoms. The van der Waals surface area contributed by atoms with E-state index in [0.717, 1.165) is 12.6 Å². The van der Waals surface area contributed by atoms with Gasteiger partial charge in [-0.3, -0.25) is 0 Å². The summed E-state index contributed by atoms with van der Waals surface area (Å²) in [5.74, 6) is 0. The van der Waals surface area contributed by atoms with Gasteiger partial charge in [-0.05, 0) is 59.5 Å². The minimum atomic E-state index is -2.01. The first-order valence-electron chi connectivity index (χ1n) is 14.1. The van der Waals surface area contributed by atoms with Gasteiger partial charge in [-0.25, -0.2) is 0 Å². The van der Waals surface area contributed by atoms with E-state index in [1.807, 2.05) is 0 Å². The van der Waals surface area contributed by atoms with Crippen molar-refractivity contribution in [2.24, 2.45) is 0 Å². The highest BCUT2D eigenvalue weighted by Gasteiger charge is 2.48. The predicted octanol–water partition coefficient (Wildman–Crippen LogP) is 8.41. The number of rotatable bonds is 9. The maximum atomic E-state index is 2.35. The quantitative estimate of drug-likeness (QED) is 0.129. The van der Waals surface area contributed by atoms with Crippen molar-refractivity contribution < 1.29 is 0 Å². The molecule has 0 saturated heterocycles. The highest BCUT2D eigenvalue weighted by molar-refractivity contribution is 7.95. The monoisotopic (exact) mass is 533 g/mol. The van der Waals surface area contributed by atoms with Gasteiger partial charge in [-0.15, -0.1) is 0 Å². The van der Waals surface area contributed by atoms with Gasteiger partial charge in [0.1, 0.15) is 23.2 Å². The van der Waals surface area contributed by atoms with E-state index in [0.29, 0.717) is 0 Å². The molecule has 0 aliphatic carbocycles. The maximum absolute atomic E-state index is 2.35. The fraction of sp³-hybridized carbons (Fsp3) is 0.0769. The molecule has 0 aliphatic rings. The molecule has 0 heterocycles. The van der Waals surface area contributed by atoms with Gasteiger partial charge < -0.3 is 0 Å². The topological polar surface area (TPSA) is 0 Å². The summed E-state index contributed by atoms with van der Waals surface area (Å²) in [6.45, 7) is 0. The van der Waals surface area contributed by atoms with Gasteiger partial charge in [-0.1, -0.05) is 146 Å². The van der Waals surface area contributed by atoms with Crippen LogP contribution >= 0.6 is 7.26 Å². The van der Waals surface area contributed by atoms with E-state index in [9.17, 15) is 0 Å². The van der Waals surface area contributed by atoms with Crippen molar-refractivity contribution in [2.75, 3.05) is 6.16 Å². The van der Waals surface area contributed by atoms with Gasteiger partial charge in [0.05, 0.1) is 6.16 Å². The van der Waals surface area contributed by atoms with Crippen LogP contribution in [0.15, 0.2) is 182 Å². The first kappa shape index (κ1) is 26.0. The zero-order chi connectivity index (χ0) is 27.1. The zero-order valence-electron chi connectivity index (χ0n) is 22.7. The van der Waals surface area contributed by atoms with Gasteiger partial charge in [0.2, 0.25) is 0 Å². The molecule has 0 aromatic heterocycles. The Bertz CT molecular complexity index is 1280. The summed E-state index contributed by atoms with van der Waals surface area (Å²) < 4.78 is 0. The molecular weight excluding hydrogens is 499 g/mol. The summed E-state index contributed by atoms with van der Waals surface area (Å²) in [4.78, 5) is 0. The van der Waals surface area contributed by atoms with Crippen molar-refractivity contribution in [3.8, 4) is 0 Å². The minimum absolute atomic E-state index is 0.298. The first-order valence-corrected chi connectivity index (χ1v) is 16.0. The Morgan fingerprint density at radius 2 is 0.575 bits per heavy atom. The van der Waals surface area contributed by atoms with Crippen LogP contribution in [-0.2, 0) is 5.41 Å². The van der Waals surface area contributed by atoms with Crippen LogP contribution in [0.3, 0.4) is 0 Å². The van der Waals surface area contributed by atoms with E-state index in [1.54, 1.807) is 0 Å². The summed E-state index contributed by atoms with van der Waals surface area (Å²) in [6.07, 6.45) is 2.00. The molecule has 6 rings (SSSR count). The molecule has 194 valence electrons. The Kier molecular flexibility index (Phi) is 7.71. The Morgan fingerprint density at radius 1 is 0.325 bits per heavy atom. The molecule has 0 amide bonds. The third-order valence-corrected chi connectivity index (χ3v) is 12.6. The largest absolute Gasteiger partial charge is 0.112 e. The molecule has 0 nitrogen and oxygen atoms in total. The van der Waals surface area contributed by atoms with Crippen molar-refractivity contribution in [1.29, 1.82) is 0 Å². The van der Waals surface area contributed by atoms with Crippen LogP contribution in [0.2, 0.25) is 0 Å². The first-order chi connectivity index (χ1) is 19.8. The van der Waals surface area contributed by atoms with Crippen molar-refractivity contribution >= 4 is 23.2 Å². The summed E-state index contributed by atoms with van der Waals surface area (Å²) in [6, 6.07) is 67.1. The van der Waals surface area contributed by atoms with E-state index in [4.69, 9.17) is 0 Å². The molecule has 0 fully saturated rings. The van der Waals surface area contributed by atoms with E-state index in [1.165, 1.54) is 32.6 Å². The molecule has 0 atom stereocenters. The predicted molar refractivity (Wildman–Crippen MR) is 174 cm³/mol. The Hall–Kier alpha value is -4.25. The Labute approximate surface area is 239 Å². The van der Waals surface area contributed by atoms with Crippen LogP contribution in [0, 0.1) is 0 Å². The molecule has 0 aliphatic heterocycles. The Balaban J connectivity index is 1.62. The molecule has 0 N–H and O–H groups in total. The smallest absolute Gasteiger partial charge is 0.0622 e. The van der Waals surface area contributed by atoms with E-state index in [-0.39, 0.29) is 5.41 Å². The number of hydrogen-bond donors (Lipinski definition) is 0. The lowest BCUT2D eigenvalue weighted by molar-refractivity contribution is 0.597. The lowest BCUT2D eigenvalue weighted by Gasteiger charge is -2.38. The third kappa shape index (κ3) is 4.81. The van der Waals surface area contributed by atoms with Crippen molar-refractivity contribution in [3.05, 3.63) is 199 Å². The SMILES string of the molecule is c1ccc(C(CC[P+](c2ccccc2)(c2ccccc2)c2ccccc2)(c2ccccc2)c2ccccc2)cc1. The van der Waals surface area contributed by atoms with Gasteiger partial charge in [0, 0.05) is 5.41 Å². The van der Waals surface area contributed by atoms with Crippen LogP contribution in [0.25, 0.3) is 0 Å². The highest BCUT2D eigenvalue weighted by atomic mass is 31.2. The molecule has 1 heteroatoms. The van der Waals surface area contributed by atoms with Crippen LogP contribution in [0.4, 0.5) is 0 Å². The number of benzene rings is 6. The van der Waals surface area contributed by atoms with E-state index < -0.39 is 7.26 Å². The van der Waals surface area contributed by atoms with E-state index in [2.05, 4.69) is 182 Å². The zero-order valence-corrected chi connectivity index (χ0v) is 23.6. The summed E-state index contributed by atoms with van der Waals surface area (Å²) in [7, 11) is -2.01. The minimum Gasteiger partial charge on any atom is -0.0622 e. The fourth-order valence-electron chi connectivity index (χ4n) is 6.32. The number of hydrogen-bond acceptors (Lipinski definition) is 0. The second-order valence-electron chi connectivity index (χ2n) is 10.3. The molecule has 0 unspecified atom stereocenters. The summed E-state index contributed by atoms with van der Waals surface area (Å²) in [5, 5.41) is 4.28. The lowest BCUT2D eigenvalue weighted by atomic mass is 9.68. The van der Waals surface area contributed by atoms with Gasteiger partial charge in [-0.2, -0.15) is 0 Å². The van der Waals surface area contributed by atoms with Crippen LogP contribution in [-0.4, -0.2) is 6.16 Å². The molecule has 0 radical (unpaired) electrons. The van der Waals surface area contributed by atoms with Gasteiger partial charge in [0.15, 0.2) is 0 Å². The van der Waals surface area contributed by atoms with Crippen LogP contribution < -0.4 is 15.9 Å². The second kappa shape index (κ2) is 11.9. The maximum Gasteiger partial charge on any atom is 0.112 e. The normalized spacial score (nSPS) is 11.7. The van der Waals surface area contributed by atoms with Crippen molar-refractivity contribution in [1.82, 2.24) is 0 Å².